The zero-order valence-corrected chi connectivity index (χ0v) is 12.4. The summed E-state index contributed by atoms with van der Waals surface area (Å²) >= 11 is 0. The van der Waals surface area contributed by atoms with Crippen molar-refractivity contribution in [1.82, 2.24) is 24.7 Å². The SMILES string of the molecule is CN(C(=O)C1CCCO1)C1CN(c2ccc3nncn3n2)C1. The topological polar surface area (TPSA) is 75.9 Å². The molecule has 22 heavy (non-hydrogen) atoms. The molecule has 2 aliphatic heterocycles. The third-order valence-corrected chi connectivity index (χ3v) is 4.43. The first-order valence-electron chi connectivity index (χ1n) is 7.52. The third-order valence-electron chi connectivity index (χ3n) is 4.43. The summed E-state index contributed by atoms with van der Waals surface area (Å²) in [6.07, 6.45) is 3.16. The molecule has 1 amide bonds. The fraction of sp³-hybridized carbons (Fsp3) is 0.571. The first kappa shape index (κ1) is 13.4. The van der Waals surface area contributed by atoms with Gasteiger partial charge in [-0.15, -0.1) is 15.3 Å². The number of anilines is 1. The summed E-state index contributed by atoms with van der Waals surface area (Å²) in [5.74, 6) is 0.978. The van der Waals surface area contributed by atoms with E-state index in [1.54, 1.807) is 10.8 Å². The Bertz CT molecular complexity index is 689. The van der Waals surface area contributed by atoms with E-state index in [1.165, 1.54) is 0 Å². The standard InChI is InChI=1S/C14H18N6O2/c1-18(14(21)11-3-2-6-22-11)10-7-19(8-10)13-5-4-12-16-15-9-20(12)17-13/h4-5,9-11H,2-3,6-8H2,1H3. The second-order valence-electron chi connectivity index (χ2n) is 5.83. The van der Waals surface area contributed by atoms with Gasteiger partial charge in [0.2, 0.25) is 0 Å². The molecule has 2 aromatic heterocycles. The number of likely N-dealkylation sites (N-methyl/N-ethyl adjacent to an activating group) is 1. The summed E-state index contributed by atoms with van der Waals surface area (Å²) in [4.78, 5) is 16.3. The summed E-state index contributed by atoms with van der Waals surface area (Å²) in [5, 5.41) is 12.2. The van der Waals surface area contributed by atoms with Crippen molar-refractivity contribution in [2.75, 3.05) is 31.6 Å². The van der Waals surface area contributed by atoms with Crippen molar-refractivity contribution in [3.8, 4) is 0 Å². The van der Waals surface area contributed by atoms with E-state index in [0.29, 0.717) is 6.61 Å². The number of ether oxygens (including phenoxy) is 1. The Morgan fingerprint density at radius 2 is 2.27 bits per heavy atom. The summed E-state index contributed by atoms with van der Waals surface area (Å²) in [6, 6.07) is 4.04. The highest BCUT2D eigenvalue weighted by Crippen LogP contribution is 2.23. The molecular weight excluding hydrogens is 284 g/mol. The van der Waals surface area contributed by atoms with Crippen LogP contribution in [-0.2, 0) is 9.53 Å². The Morgan fingerprint density at radius 3 is 3.05 bits per heavy atom. The lowest BCUT2D eigenvalue weighted by molar-refractivity contribution is -0.142. The molecular formula is C14H18N6O2. The van der Waals surface area contributed by atoms with E-state index >= 15 is 0 Å². The highest BCUT2D eigenvalue weighted by atomic mass is 16.5. The molecule has 4 heterocycles. The Morgan fingerprint density at radius 1 is 1.41 bits per heavy atom. The second-order valence-corrected chi connectivity index (χ2v) is 5.83. The maximum absolute atomic E-state index is 12.3. The lowest BCUT2D eigenvalue weighted by atomic mass is 10.1. The molecule has 1 unspecified atom stereocenters. The van der Waals surface area contributed by atoms with Gasteiger partial charge in [-0.1, -0.05) is 0 Å². The molecule has 0 aliphatic carbocycles. The van der Waals surface area contributed by atoms with Crippen LogP contribution in [0.25, 0.3) is 5.65 Å². The molecule has 1 atom stereocenters. The quantitative estimate of drug-likeness (QED) is 0.791. The summed E-state index contributed by atoms with van der Waals surface area (Å²) in [6.45, 7) is 2.27. The molecule has 0 aromatic carbocycles. The molecule has 4 rings (SSSR count). The van der Waals surface area contributed by atoms with Gasteiger partial charge in [-0.25, -0.2) is 0 Å². The van der Waals surface area contributed by atoms with Crippen molar-refractivity contribution in [1.29, 1.82) is 0 Å². The number of amides is 1. The zero-order chi connectivity index (χ0) is 15.1. The fourth-order valence-electron chi connectivity index (χ4n) is 2.95. The lowest BCUT2D eigenvalue weighted by Gasteiger charge is -2.44. The number of aromatic nitrogens is 4. The molecule has 0 N–H and O–H groups in total. The van der Waals surface area contributed by atoms with Crippen molar-refractivity contribution < 1.29 is 9.53 Å². The van der Waals surface area contributed by atoms with Crippen LogP contribution in [0.2, 0.25) is 0 Å². The lowest BCUT2D eigenvalue weighted by Crippen LogP contribution is -2.61. The van der Waals surface area contributed by atoms with Gasteiger partial charge in [0.25, 0.3) is 5.91 Å². The molecule has 116 valence electrons. The highest BCUT2D eigenvalue weighted by molar-refractivity contribution is 5.81. The van der Waals surface area contributed by atoms with E-state index in [0.717, 1.165) is 37.4 Å². The summed E-state index contributed by atoms with van der Waals surface area (Å²) in [7, 11) is 1.86. The maximum Gasteiger partial charge on any atom is 0.251 e. The van der Waals surface area contributed by atoms with Crippen LogP contribution in [0.4, 0.5) is 5.82 Å². The monoisotopic (exact) mass is 302 g/mol. The van der Waals surface area contributed by atoms with Crippen LogP contribution in [-0.4, -0.2) is 69.5 Å². The average molecular weight is 302 g/mol. The van der Waals surface area contributed by atoms with Crippen molar-refractivity contribution in [2.24, 2.45) is 0 Å². The van der Waals surface area contributed by atoms with E-state index in [4.69, 9.17) is 4.74 Å². The van der Waals surface area contributed by atoms with Crippen LogP contribution < -0.4 is 4.90 Å². The number of hydrogen-bond donors (Lipinski definition) is 0. The van der Waals surface area contributed by atoms with Crippen LogP contribution in [0, 0.1) is 0 Å². The minimum Gasteiger partial charge on any atom is -0.368 e. The fourth-order valence-corrected chi connectivity index (χ4v) is 2.95. The first-order valence-corrected chi connectivity index (χ1v) is 7.52. The zero-order valence-electron chi connectivity index (χ0n) is 12.4. The van der Waals surface area contributed by atoms with Crippen molar-refractivity contribution in [3.05, 3.63) is 18.5 Å². The first-order chi connectivity index (χ1) is 10.7. The van der Waals surface area contributed by atoms with Crippen molar-refractivity contribution in [2.45, 2.75) is 25.0 Å². The number of carbonyl (C=O) groups excluding carboxylic acids is 1. The van der Waals surface area contributed by atoms with Crippen LogP contribution in [0.5, 0.6) is 0 Å². The van der Waals surface area contributed by atoms with Crippen LogP contribution >= 0.6 is 0 Å². The Hall–Kier alpha value is -2.22. The number of hydrogen-bond acceptors (Lipinski definition) is 6. The Kier molecular flexibility index (Phi) is 3.18. The summed E-state index contributed by atoms with van der Waals surface area (Å²) < 4.78 is 7.13. The maximum atomic E-state index is 12.3. The molecule has 2 aromatic rings. The smallest absolute Gasteiger partial charge is 0.251 e. The van der Waals surface area contributed by atoms with Gasteiger partial charge in [0.05, 0.1) is 6.04 Å². The van der Waals surface area contributed by atoms with Gasteiger partial charge in [-0.05, 0) is 25.0 Å². The summed E-state index contributed by atoms with van der Waals surface area (Å²) in [5.41, 5.74) is 0.728. The van der Waals surface area contributed by atoms with E-state index in [-0.39, 0.29) is 18.1 Å². The van der Waals surface area contributed by atoms with Crippen molar-refractivity contribution in [3.63, 3.8) is 0 Å². The van der Waals surface area contributed by atoms with Gasteiger partial charge >= 0.3 is 0 Å². The van der Waals surface area contributed by atoms with Crippen LogP contribution in [0.15, 0.2) is 18.5 Å². The number of rotatable bonds is 3. The Balaban J connectivity index is 1.39. The molecule has 0 saturated carbocycles. The van der Waals surface area contributed by atoms with Gasteiger partial charge in [-0.2, -0.15) is 4.52 Å². The highest BCUT2D eigenvalue weighted by Gasteiger charge is 2.36. The van der Waals surface area contributed by atoms with Gasteiger partial charge in [0, 0.05) is 26.7 Å². The van der Waals surface area contributed by atoms with Crippen LogP contribution in [0.3, 0.4) is 0 Å². The van der Waals surface area contributed by atoms with E-state index < -0.39 is 0 Å². The molecule has 2 fully saturated rings. The number of fused-ring (bicyclic) bond motifs is 1. The molecule has 2 aliphatic rings. The molecule has 2 saturated heterocycles. The third kappa shape index (κ3) is 2.19. The van der Waals surface area contributed by atoms with Gasteiger partial charge < -0.3 is 14.5 Å². The second kappa shape index (κ2) is 5.20. The minimum absolute atomic E-state index is 0.101. The number of nitrogens with zero attached hydrogens (tertiary/aromatic N) is 6. The minimum atomic E-state index is -0.245. The van der Waals surface area contributed by atoms with Gasteiger partial charge in [0.1, 0.15) is 18.2 Å². The van der Waals surface area contributed by atoms with Crippen molar-refractivity contribution >= 4 is 17.4 Å². The number of carbonyl (C=O) groups is 1. The van der Waals surface area contributed by atoms with E-state index in [2.05, 4.69) is 20.2 Å². The van der Waals surface area contributed by atoms with Crippen LogP contribution in [0.1, 0.15) is 12.8 Å². The normalized spacial score (nSPS) is 22.0. The molecule has 8 heteroatoms. The molecule has 0 radical (unpaired) electrons. The predicted molar refractivity (Wildman–Crippen MR) is 78.5 cm³/mol. The molecule has 0 bridgehead atoms. The molecule has 0 spiro atoms. The van der Waals surface area contributed by atoms with Gasteiger partial charge in [-0.3, -0.25) is 4.79 Å². The predicted octanol–water partition coefficient (Wildman–Crippen LogP) is -0.0497. The van der Waals surface area contributed by atoms with Gasteiger partial charge in [0.15, 0.2) is 5.65 Å². The van der Waals surface area contributed by atoms with E-state index in [9.17, 15) is 4.79 Å². The van der Waals surface area contributed by atoms with E-state index in [1.807, 2.05) is 24.1 Å². The molecule has 8 nitrogen and oxygen atoms in total. The Labute approximate surface area is 127 Å². The largest absolute Gasteiger partial charge is 0.368 e. The average Bonchev–Trinajstić information content (AvgIpc) is 3.15.